The Morgan fingerprint density at radius 2 is 0.520 bits per heavy atom. The topological polar surface area (TPSA) is 387 Å². The van der Waals surface area contributed by atoms with Gasteiger partial charge in [0.15, 0.2) is 37.4 Å². The molecule has 0 atom stereocenters. The van der Waals surface area contributed by atoms with E-state index in [1.807, 2.05) is 62.4 Å². The highest BCUT2D eigenvalue weighted by Gasteiger charge is 2.53. The van der Waals surface area contributed by atoms with E-state index < -0.39 is 0 Å². The van der Waals surface area contributed by atoms with Gasteiger partial charge in [-0.25, -0.2) is 20.0 Å². The Balaban J connectivity index is 0.864. The molecule has 100 heavy (non-hydrogen) atoms. The van der Waals surface area contributed by atoms with Crippen molar-refractivity contribution < 1.29 is 66.3 Å². The number of rotatable bonds is 40. The zero-order chi connectivity index (χ0) is 69.9. The number of nitrogens with two attached hydrogens (primary N) is 8. The second-order valence-electron chi connectivity index (χ2n) is 28.0. The molecule has 0 saturated heterocycles. The minimum Gasteiger partial charge on any atom is -0.491 e. The molecule has 4 aromatic rings. The predicted octanol–water partition coefficient (Wildman–Crippen LogP) is 7.56. The molecular formula is C74H108N12O14. The lowest BCUT2D eigenvalue weighted by Gasteiger charge is -2.56. The summed E-state index contributed by atoms with van der Waals surface area (Å²) in [6.45, 7) is 10.3. The third-order valence-electron chi connectivity index (χ3n) is 20.1. The van der Waals surface area contributed by atoms with Crippen LogP contribution in [0, 0.1) is 35.5 Å². The van der Waals surface area contributed by atoms with Crippen LogP contribution in [0.3, 0.4) is 0 Å². The van der Waals surface area contributed by atoms with E-state index >= 15 is 0 Å². The second-order valence-corrected chi connectivity index (χ2v) is 28.0. The molecule has 8 saturated carbocycles. The van der Waals surface area contributed by atoms with Crippen molar-refractivity contribution >= 4 is 46.6 Å². The maximum Gasteiger partial charge on any atom is 0.191 e. The molecule has 9 aliphatic carbocycles. The first-order chi connectivity index (χ1) is 48.6. The molecule has 0 unspecified atom stereocenters. The summed E-state index contributed by atoms with van der Waals surface area (Å²) in [5, 5.41) is 0. The second kappa shape index (κ2) is 36.1. The van der Waals surface area contributed by atoms with E-state index in [2.05, 4.69) is 20.0 Å². The molecule has 0 amide bonds. The summed E-state index contributed by atoms with van der Waals surface area (Å²) in [5.41, 5.74) is 56.5. The van der Waals surface area contributed by atoms with Crippen LogP contribution in [0.25, 0.3) is 0 Å². The summed E-state index contributed by atoms with van der Waals surface area (Å²) in [6.07, 6.45) is 16.1. The molecule has 0 aliphatic heterocycles. The van der Waals surface area contributed by atoms with Crippen LogP contribution >= 0.6 is 0 Å². The van der Waals surface area contributed by atoms with E-state index in [-0.39, 0.29) is 114 Å². The standard InChI is InChI=1S/C74H108N12O14/c1-3-87-13-17-95-65-53-27-57-35-63(85-71(79)80)37-59(67(57)97-45-93-11-9-89-5-7-91-15-19-99-73-39-47-21-48(40-73)23-49(22-47)41-73)29-55-33-62(84-70(77)78)34-56(66(55)96-18-14-88-4-2)30-60-38-64(86-72(81)82)36-58(28-54(65)32-61(31-53)83-69(75)76)68(60)98-46-94-12-10-90-6-8-92-16-20-100-74-42-50-24-51(43-74)26-52(25-50)44-74/h31-38,47-52H,3-30,39-46H2,1-2H3,(H4,75,76,83)(H4,77,78,84)(H4,79,80,85)(H4,81,82,86). The molecule has 9 aliphatic rings. The van der Waals surface area contributed by atoms with Gasteiger partial charge in [0.1, 0.15) is 36.2 Å². The van der Waals surface area contributed by atoms with Crippen LogP contribution in [0.4, 0.5) is 22.7 Å². The number of ether oxygens (including phenoxy) is 14. The van der Waals surface area contributed by atoms with Crippen LogP contribution in [0.2, 0.25) is 0 Å². The fourth-order valence-electron chi connectivity index (χ4n) is 17.4. The molecule has 0 radical (unpaired) electrons. The van der Waals surface area contributed by atoms with Crippen molar-refractivity contribution in [2.45, 2.75) is 128 Å². The molecule has 4 aromatic carbocycles. The summed E-state index contributed by atoms with van der Waals surface area (Å²) in [4.78, 5) is 18.4. The van der Waals surface area contributed by atoms with Crippen LogP contribution in [-0.4, -0.2) is 168 Å². The largest absolute Gasteiger partial charge is 0.491 e. The van der Waals surface area contributed by atoms with E-state index in [0.717, 1.165) is 35.5 Å². The highest BCUT2D eigenvalue weighted by Crippen LogP contribution is 2.58. The Morgan fingerprint density at radius 1 is 0.300 bits per heavy atom. The highest BCUT2D eigenvalue weighted by atomic mass is 16.7. The predicted molar refractivity (Wildman–Crippen MR) is 383 cm³/mol. The number of hydrogen-bond acceptors (Lipinski definition) is 18. The van der Waals surface area contributed by atoms with Gasteiger partial charge in [-0.1, -0.05) is 0 Å². The third-order valence-corrected chi connectivity index (χ3v) is 20.1. The lowest BCUT2D eigenvalue weighted by Crippen LogP contribution is -2.52. The zero-order valence-corrected chi connectivity index (χ0v) is 58.7. The summed E-state index contributed by atoms with van der Waals surface area (Å²) in [5.74, 6) is 6.26. The Morgan fingerprint density at radius 3 is 0.760 bits per heavy atom. The van der Waals surface area contributed by atoms with E-state index in [9.17, 15) is 0 Å². The van der Waals surface area contributed by atoms with Gasteiger partial charge >= 0.3 is 0 Å². The SMILES string of the molecule is CCOCCOc1c2cc(N=C(N)N)cc1Cc1cc(N=C(N)N)cc(c1OCOCCOCCOCCOC13CC4CC(CC(C4)C1)C3)Cc1cc(N=C(N)N)cc(c1OCCOCC)Cc1cc(N=C(N)N)cc(c1OCOCCOCCOCCOC13CC4CC(CC(C4)C1)C3)C2. The fourth-order valence-corrected chi connectivity index (χ4v) is 17.4. The molecule has 548 valence electrons. The minimum absolute atomic E-state index is 0.0524. The average Bonchev–Trinajstić information content (AvgIpc) is 0.765. The van der Waals surface area contributed by atoms with Crippen LogP contribution in [0.5, 0.6) is 23.0 Å². The smallest absolute Gasteiger partial charge is 0.191 e. The van der Waals surface area contributed by atoms with Gasteiger partial charge in [-0.3, -0.25) is 0 Å². The molecule has 8 fully saturated rings. The number of fused-ring (bicyclic) bond motifs is 8. The van der Waals surface area contributed by atoms with Crippen LogP contribution < -0.4 is 64.8 Å². The first-order valence-corrected chi connectivity index (χ1v) is 36.0. The normalized spacial score (nSPS) is 22.9. The van der Waals surface area contributed by atoms with Crippen molar-refractivity contribution in [3.8, 4) is 23.0 Å². The van der Waals surface area contributed by atoms with Crippen molar-refractivity contribution in [2.24, 2.45) is 101 Å². The summed E-state index contributed by atoms with van der Waals surface area (Å²) < 4.78 is 88.4. The van der Waals surface area contributed by atoms with Crippen molar-refractivity contribution in [2.75, 3.05) is 133 Å². The molecule has 26 nitrogen and oxygen atoms in total. The molecule has 16 N–H and O–H groups in total. The maximum atomic E-state index is 6.85. The Labute approximate surface area is 588 Å². The summed E-state index contributed by atoms with van der Waals surface area (Å²) >= 11 is 0. The van der Waals surface area contributed by atoms with E-state index in [4.69, 9.17) is 112 Å². The third kappa shape index (κ3) is 21.0. The molecule has 0 aromatic heterocycles. The van der Waals surface area contributed by atoms with E-state index in [0.29, 0.717) is 170 Å². The number of nitrogens with zero attached hydrogens (tertiary/aromatic N) is 4. The van der Waals surface area contributed by atoms with Gasteiger partial charge in [-0.05, 0) is 175 Å². The van der Waals surface area contributed by atoms with Crippen molar-refractivity contribution in [3.63, 3.8) is 0 Å². The molecular weight excluding hydrogens is 1280 g/mol. The Hall–Kier alpha value is -7.24. The van der Waals surface area contributed by atoms with Crippen molar-refractivity contribution in [3.05, 3.63) is 93.0 Å². The van der Waals surface area contributed by atoms with Crippen LogP contribution in [0.15, 0.2) is 68.5 Å². The van der Waals surface area contributed by atoms with Gasteiger partial charge in [0.05, 0.1) is 126 Å². The molecule has 0 heterocycles. The lowest BCUT2D eigenvalue weighted by molar-refractivity contribution is -0.169. The number of benzene rings is 4. The van der Waals surface area contributed by atoms with Crippen molar-refractivity contribution in [1.82, 2.24) is 0 Å². The first-order valence-electron chi connectivity index (χ1n) is 36.0. The van der Waals surface area contributed by atoms with Crippen LogP contribution in [0.1, 0.15) is 135 Å². The quantitative estimate of drug-likeness (QED) is 0.00811. The van der Waals surface area contributed by atoms with Gasteiger partial charge in [-0.2, -0.15) is 0 Å². The summed E-state index contributed by atoms with van der Waals surface area (Å²) in [7, 11) is 0. The molecule has 13 rings (SSSR count). The zero-order valence-electron chi connectivity index (χ0n) is 58.7. The van der Waals surface area contributed by atoms with Crippen LogP contribution in [-0.2, 0) is 73.1 Å². The number of hydrogen-bond donors (Lipinski definition) is 8. The van der Waals surface area contributed by atoms with E-state index in [1.54, 1.807) is 0 Å². The number of aliphatic imine (C=N–C) groups is 4. The Kier molecular flexibility index (Phi) is 26.7. The van der Waals surface area contributed by atoms with Gasteiger partial charge in [-0.15, -0.1) is 0 Å². The van der Waals surface area contributed by atoms with Gasteiger partial charge in [0.2, 0.25) is 0 Å². The lowest BCUT2D eigenvalue weighted by atomic mass is 9.54. The average molecular weight is 1390 g/mol. The van der Waals surface area contributed by atoms with Crippen molar-refractivity contribution in [1.29, 1.82) is 0 Å². The van der Waals surface area contributed by atoms with Gasteiger partial charge in [0, 0.05) is 83.4 Å². The Bertz CT molecular complexity index is 3070. The monoisotopic (exact) mass is 1390 g/mol. The highest BCUT2D eigenvalue weighted by molar-refractivity contribution is 5.82. The molecule has 26 heteroatoms. The van der Waals surface area contributed by atoms with Gasteiger partial charge in [0.25, 0.3) is 0 Å². The molecule has 16 bridgehead atoms. The van der Waals surface area contributed by atoms with Gasteiger partial charge < -0.3 is 112 Å². The number of guanidine groups is 4. The summed E-state index contributed by atoms with van der Waals surface area (Å²) in [6, 6.07) is 14.9. The maximum absolute atomic E-state index is 6.85. The first kappa shape index (κ1) is 74.0. The van der Waals surface area contributed by atoms with E-state index in [1.165, 1.54) is 77.0 Å². The minimum atomic E-state index is -0.171. The molecule has 0 spiro atoms. The fraction of sp³-hybridized carbons (Fsp3) is 0.622.